The van der Waals surface area contributed by atoms with E-state index in [2.05, 4.69) is 13.2 Å². The summed E-state index contributed by atoms with van der Waals surface area (Å²) in [7, 11) is 0. The minimum absolute atomic E-state index is 0.0434. The first-order valence-corrected chi connectivity index (χ1v) is 12.9. The number of likely N-dealkylation sites (tertiary alicyclic amines) is 1. The van der Waals surface area contributed by atoms with Gasteiger partial charge in [0.15, 0.2) is 0 Å². The first kappa shape index (κ1) is 27.4. The molecule has 0 aliphatic carbocycles. The highest BCUT2D eigenvalue weighted by atomic mass is 16.6. The van der Waals surface area contributed by atoms with Gasteiger partial charge in [-0.3, -0.25) is 14.4 Å². The van der Waals surface area contributed by atoms with Crippen molar-refractivity contribution in [3.05, 3.63) is 25.3 Å². The molecule has 196 valence electrons. The zero-order valence-corrected chi connectivity index (χ0v) is 21.9. The number of aliphatic hydroxyl groups is 1. The zero-order chi connectivity index (χ0) is 26.1. The van der Waals surface area contributed by atoms with Gasteiger partial charge in [0.05, 0.1) is 24.2 Å². The summed E-state index contributed by atoms with van der Waals surface area (Å²) in [6, 6.07) is -1.63. The van der Waals surface area contributed by atoms with Gasteiger partial charge < -0.3 is 24.4 Å². The summed E-state index contributed by atoms with van der Waals surface area (Å²) in [5.74, 6) is -2.72. The number of carbonyl (C=O) groups is 3. The summed E-state index contributed by atoms with van der Waals surface area (Å²) in [5, 5.41) is 10.4. The molecule has 3 rings (SSSR count). The highest BCUT2D eigenvalue weighted by Crippen LogP contribution is 2.65. The van der Waals surface area contributed by atoms with Crippen LogP contribution in [0, 0.1) is 17.8 Å². The molecule has 0 saturated carbocycles. The molecular formula is C27H42N2O6. The lowest BCUT2D eigenvalue weighted by Crippen LogP contribution is -2.60. The summed E-state index contributed by atoms with van der Waals surface area (Å²) in [4.78, 5) is 45.0. The van der Waals surface area contributed by atoms with Crippen LogP contribution >= 0.6 is 0 Å². The Morgan fingerprint density at radius 1 is 1.26 bits per heavy atom. The third-order valence-corrected chi connectivity index (χ3v) is 8.53. The molecule has 0 radical (unpaired) electrons. The maximum Gasteiger partial charge on any atom is 0.313 e. The van der Waals surface area contributed by atoms with Gasteiger partial charge in [-0.25, -0.2) is 0 Å². The molecule has 3 fully saturated rings. The van der Waals surface area contributed by atoms with Crippen molar-refractivity contribution < 1.29 is 29.0 Å². The lowest BCUT2D eigenvalue weighted by Gasteiger charge is -2.42. The molecule has 3 aliphatic rings. The highest BCUT2D eigenvalue weighted by Gasteiger charge is 2.79. The SMILES string of the molecule is C=CCOC(=O)[C@H]1[C@H]2C(=O)N([C@@H](CO)[C@@H](C)CC)C(C(=O)N(CC=C)C(C)C)C23CC[C@]1(CC)O3. The Balaban J connectivity index is 2.18. The topological polar surface area (TPSA) is 96.4 Å². The molecule has 8 heteroatoms. The van der Waals surface area contributed by atoms with Crippen molar-refractivity contribution >= 4 is 17.8 Å². The summed E-state index contributed by atoms with van der Waals surface area (Å²) >= 11 is 0. The molecule has 1 spiro atoms. The van der Waals surface area contributed by atoms with Gasteiger partial charge >= 0.3 is 5.97 Å². The first-order chi connectivity index (χ1) is 16.6. The van der Waals surface area contributed by atoms with E-state index in [9.17, 15) is 19.5 Å². The Bertz CT molecular complexity index is 859. The van der Waals surface area contributed by atoms with Crippen LogP contribution in [0.2, 0.25) is 0 Å². The van der Waals surface area contributed by atoms with Gasteiger partial charge in [0.1, 0.15) is 24.2 Å². The lowest BCUT2D eigenvalue weighted by molar-refractivity contribution is -0.164. The zero-order valence-electron chi connectivity index (χ0n) is 21.9. The minimum atomic E-state index is -1.14. The van der Waals surface area contributed by atoms with Crippen LogP contribution in [-0.4, -0.2) is 81.8 Å². The van der Waals surface area contributed by atoms with E-state index in [1.54, 1.807) is 15.9 Å². The first-order valence-electron chi connectivity index (χ1n) is 12.9. The molecule has 2 bridgehead atoms. The molecule has 2 unspecified atom stereocenters. The van der Waals surface area contributed by atoms with Crippen molar-refractivity contribution in [2.45, 2.75) is 89.6 Å². The number of hydrogen-bond acceptors (Lipinski definition) is 6. The Morgan fingerprint density at radius 3 is 2.46 bits per heavy atom. The molecule has 0 aromatic heterocycles. The third-order valence-electron chi connectivity index (χ3n) is 8.53. The van der Waals surface area contributed by atoms with Crippen molar-refractivity contribution in [2.24, 2.45) is 17.8 Å². The number of esters is 1. The number of fused-ring (bicyclic) bond motifs is 1. The number of carbonyl (C=O) groups excluding carboxylic acids is 3. The predicted octanol–water partition coefficient (Wildman–Crippen LogP) is 2.70. The van der Waals surface area contributed by atoms with Crippen LogP contribution in [0.3, 0.4) is 0 Å². The van der Waals surface area contributed by atoms with Crippen molar-refractivity contribution in [2.75, 3.05) is 19.8 Å². The van der Waals surface area contributed by atoms with Gasteiger partial charge in [0, 0.05) is 12.6 Å². The molecule has 3 aliphatic heterocycles. The predicted molar refractivity (Wildman–Crippen MR) is 132 cm³/mol. The molecule has 7 atom stereocenters. The van der Waals surface area contributed by atoms with Crippen molar-refractivity contribution in [1.29, 1.82) is 0 Å². The molecule has 35 heavy (non-hydrogen) atoms. The molecule has 0 aromatic carbocycles. The van der Waals surface area contributed by atoms with E-state index in [0.717, 1.165) is 6.42 Å². The van der Waals surface area contributed by atoms with Crippen LogP contribution in [0.25, 0.3) is 0 Å². The normalized spacial score (nSPS) is 32.9. The second-order valence-electron chi connectivity index (χ2n) is 10.5. The van der Waals surface area contributed by atoms with Crippen LogP contribution in [0.5, 0.6) is 0 Å². The summed E-state index contributed by atoms with van der Waals surface area (Å²) < 4.78 is 12.2. The smallest absolute Gasteiger partial charge is 0.313 e. The van der Waals surface area contributed by atoms with Gasteiger partial charge in [0.2, 0.25) is 11.8 Å². The van der Waals surface area contributed by atoms with Crippen LogP contribution in [0.4, 0.5) is 0 Å². The highest BCUT2D eigenvalue weighted by molar-refractivity contribution is 5.99. The number of nitrogens with zero attached hydrogens (tertiary/aromatic N) is 2. The molecule has 2 amide bonds. The number of hydrogen-bond donors (Lipinski definition) is 1. The van der Waals surface area contributed by atoms with Gasteiger partial charge in [-0.05, 0) is 39.0 Å². The number of aliphatic hydroxyl groups excluding tert-OH is 1. The summed E-state index contributed by atoms with van der Waals surface area (Å²) in [5.41, 5.74) is -1.99. The Hall–Kier alpha value is -2.19. The Morgan fingerprint density at radius 2 is 1.94 bits per heavy atom. The van der Waals surface area contributed by atoms with Gasteiger partial charge in [-0.15, -0.1) is 6.58 Å². The monoisotopic (exact) mass is 490 g/mol. The van der Waals surface area contributed by atoms with E-state index in [4.69, 9.17) is 9.47 Å². The second kappa shape index (κ2) is 10.4. The van der Waals surface area contributed by atoms with Crippen LogP contribution in [0.15, 0.2) is 25.3 Å². The third kappa shape index (κ3) is 4.12. The molecular weight excluding hydrogens is 448 g/mol. The Labute approximate surface area is 209 Å². The van der Waals surface area contributed by atoms with E-state index >= 15 is 0 Å². The van der Waals surface area contributed by atoms with Gasteiger partial charge in [-0.2, -0.15) is 0 Å². The molecule has 3 saturated heterocycles. The average Bonchev–Trinajstić information content (AvgIpc) is 3.44. The maximum absolute atomic E-state index is 14.2. The number of ether oxygens (including phenoxy) is 2. The van der Waals surface area contributed by atoms with Crippen molar-refractivity contribution in [3.8, 4) is 0 Å². The number of rotatable bonds is 12. The summed E-state index contributed by atoms with van der Waals surface area (Å²) in [6.07, 6.45) is 5.47. The maximum atomic E-state index is 14.2. The van der Waals surface area contributed by atoms with E-state index in [-0.39, 0.29) is 37.0 Å². The molecule has 0 aromatic rings. The average molecular weight is 491 g/mol. The standard InChI is InChI=1S/C27H42N2O6/c1-8-14-28(17(5)6)24(32)22-27-13-12-26(11-4,35-27)21(25(33)34-15-9-2)20(27)23(31)29(22)19(16-30)18(7)10-3/h8-9,17-22,30H,1-2,10-16H2,3-7H3/t18-,19-,20-,21+,22?,26-,27?/m0/s1. The Kier molecular flexibility index (Phi) is 8.16. The quantitative estimate of drug-likeness (QED) is 0.334. The largest absolute Gasteiger partial charge is 0.461 e. The van der Waals surface area contributed by atoms with Crippen LogP contribution < -0.4 is 0 Å². The van der Waals surface area contributed by atoms with Crippen LogP contribution in [-0.2, 0) is 23.9 Å². The second-order valence-corrected chi connectivity index (χ2v) is 10.5. The molecule has 1 N–H and O–H groups in total. The van der Waals surface area contributed by atoms with Crippen molar-refractivity contribution in [1.82, 2.24) is 9.80 Å². The van der Waals surface area contributed by atoms with Gasteiger partial charge in [-0.1, -0.05) is 45.9 Å². The lowest BCUT2D eigenvalue weighted by atomic mass is 9.65. The molecule has 3 heterocycles. The number of amides is 2. The fourth-order valence-electron chi connectivity index (χ4n) is 6.55. The van der Waals surface area contributed by atoms with Crippen LogP contribution in [0.1, 0.15) is 60.3 Å². The fraction of sp³-hybridized carbons (Fsp3) is 0.741. The van der Waals surface area contributed by atoms with E-state index < -0.39 is 41.1 Å². The summed E-state index contributed by atoms with van der Waals surface area (Å²) in [6.45, 7) is 17.3. The van der Waals surface area contributed by atoms with E-state index in [1.165, 1.54) is 6.08 Å². The van der Waals surface area contributed by atoms with E-state index in [1.807, 2.05) is 34.6 Å². The van der Waals surface area contributed by atoms with Crippen molar-refractivity contribution in [3.63, 3.8) is 0 Å². The minimum Gasteiger partial charge on any atom is -0.461 e. The van der Waals surface area contributed by atoms with E-state index in [0.29, 0.717) is 25.8 Å². The fourth-order valence-corrected chi connectivity index (χ4v) is 6.55. The van der Waals surface area contributed by atoms with Gasteiger partial charge in [0.25, 0.3) is 0 Å². The molecule has 8 nitrogen and oxygen atoms in total.